The van der Waals surface area contributed by atoms with Crippen molar-refractivity contribution in [2.75, 3.05) is 25.1 Å². The third kappa shape index (κ3) is 10.2. The van der Waals surface area contributed by atoms with Gasteiger partial charge in [-0.2, -0.15) is 0 Å². The summed E-state index contributed by atoms with van der Waals surface area (Å²) in [4.78, 5) is 0. The molecule has 0 bridgehead atoms. The van der Waals surface area contributed by atoms with Gasteiger partial charge in [0.15, 0.2) is 0 Å². The second-order valence-corrected chi connectivity index (χ2v) is 6.49. The second kappa shape index (κ2) is 8.11. The summed E-state index contributed by atoms with van der Waals surface area (Å²) < 4.78 is 21.9. The smallest absolute Gasteiger partial charge is 0.147 e. The minimum Gasteiger partial charge on any atom is -0.317 e. The second-order valence-electron chi connectivity index (χ2n) is 4.23. The molecule has 92 valence electrons. The van der Waals surface area contributed by atoms with Crippen LogP contribution < -0.4 is 5.32 Å². The largest absolute Gasteiger partial charge is 0.317 e. The maximum Gasteiger partial charge on any atom is 0.147 e. The van der Waals surface area contributed by atoms with E-state index in [1.54, 1.807) is 0 Å². The van der Waals surface area contributed by atoms with Gasteiger partial charge in [0, 0.05) is 12.0 Å². The van der Waals surface area contributed by atoms with Crippen LogP contribution in [0.1, 0.15) is 39.5 Å². The van der Waals surface area contributed by atoms with Gasteiger partial charge in [-0.15, -0.1) is 0 Å². The Hall–Kier alpha value is -0.0900. The third-order valence-corrected chi connectivity index (χ3v) is 3.54. The molecule has 15 heavy (non-hydrogen) atoms. The molecule has 0 saturated carbocycles. The standard InChI is InChI=1S/C11H25NO2S/c1-4-7-11(10-12-5-2)8-6-9-15(3,13)14/h11-12H,4-10H2,1-3H3. The molecular formula is C11H25NO2S. The highest BCUT2D eigenvalue weighted by Gasteiger charge is 2.09. The lowest BCUT2D eigenvalue weighted by atomic mass is 9.98. The van der Waals surface area contributed by atoms with E-state index in [1.807, 2.05) is 0 Å². The van der Waals surface area contributed by atoms with E-state index in [0.29, 0.717) is 11.7 Å². The summed E-state index contributed by atoms with van der Waals surface area (Å²) >= 11 is 0. The van der Waals surface area contributed by atoms with Crippen molar-refractivity contribution in [1.82, 2.24) is 5.32 Å². The van der Waals surface area contributed by atoms with E-state index in [1.165, 1.54) is 19.1 Å². The van der Waals surface area contributed by atoms with E-state index < -0.39 is 9.84 Å². The first-order chi connectivity index (χ1) is 6.99. The molecule has 0 radical (unpaired) electrons. The molecule has 1 N–H and O–H groups in total. The highest BCUT2D eigenvalue weighted by Crippen LogP contribution is 2.13. The summed E-state index contributed by atoms with van der Waals surface area (Å²) in [7, 11) is -2.78. The van der Waals surface area contributed by atoms with Gasteiger partial charge in [-0.1, -0.05) is 20.3 Å². The van der Waals surface area contributed by atoms with Crippen LogP contribution in [0.2, 0.25) is 0 Å². The summed E-state index contributed by atoms with van der Waals surface area (Å²) in [5, 5.41) is 3.33. The molecule has 0 spiro atoms. The Balaban J connectivity index is 3.74. The Labute approximate surface area is 94.6 Å². The van der Waals surface area contributed by atoms with Crippen molar-refractivity contribution >= 4 is 9.84 Å². The molecule has 1 unspecified atom stereocenters. The number of hydrogen-bond acceptors (Lipinski definition) is 3. The van der Waals surface area contributed by atoms with Gasteiger partial charge < -0.3 is 5.32 Å². The van der Waals surface area contributed by atoms with Gasteiger partial charge >= 0.3 is 0 Å². The zero-order valence-corrected chi connectivity index (χ0v) is 11.1. The quantitative estimate of drug-likeness (QED) is 0.663. The number of sulfone groups is 1. The molecule has 0 aromatic carbocycles. The molecule has 4 heteroatoms. The predicted molar refractivity (Wildman–Crippen MR) is 65.9 cm³/mol. The Bertz CT molecular complexity index is 237. The summed E-state index contributed by atoms with van der Waals surface area (Å²) in [5.74, 6) is 0.969. The molecule has 1 atom stereocenters. The van der Waals surface area contributed by atoms with E-state index in [-0.39, 0.29) is 0 Å². The fourth-order valence-corrected chi connectivity index (χ4v) is 2.43. The minimum atomic E-state index is -2.78. The van der Waals surface area contributed by atoms with Crippen LogP contribution in [0.15, 0.2) is 0 Å². The topological polar surface area (TPSA) is 46.2 Å². The molecule has 0 aliphatic heterocycles. The van der Waals surface area contributed by atoms with E-state index in [2.05, 4.69) is 19.2 Å². The van der Waals surface area contributed by atoms with Crippen LogP contribution in [0, 0.1) is 5.92 Å². The van der Waals surface area contributed by atoms with Crippen LogP contribution in [0.5, 0.6) is 0 Å². The first-order valence-corrected chi connectivity index (χ1v) is 7.94. The van der Waals surface area contributed by atoms with E-state index in [0.717, 1.165) is 25.9 Å². The molecule has 0 aliphatic rings. The normalized spacial score (nSPS) is 14.1. The molecule has 0 aliphatic carbocycles. The molecular weight excluding hydrogens is 210 g/mol. The van der Waals surface area contributed by atoms with Crippen LogP contribution >= 0.6 is 0 Å². The highest BCUT2D eigenvalue weighted by atomic mass is 32.2. The lowest BCUT2D eigenvalue weighted by Gasteiger charge is -2.15. The van der Waals surface area contributed by atoms with Gasteiger partial charge in [0.1, 0.15) is 9.84 Å². The maximum atomic E-state index is 11.0. The van der Waals surface area contributed by atoms with Crippen LogP contribution in [0.3, 0.4) is 0 Å². The Morgan fingerprint density at radius 3 is 2.33 bits per heavy atom. The van der Waals surface area contributed by atoms with E-state index >= 15 is 0 Å². The fraction of sp³-hybridized carbons (Fsp3) is 1.00. The Kier molecular flexibility index (Phi) is 8.06. The van der Waals surface area contributed by atoms with Crippen molar-refractivity contribution in [2.24, 2.45) is 5.92 Å². The Morgan fingerprint density at radius 1 is 1.20 bits per heavy atom. The molecule has 0 saturated heterocycles. The van der Waals surface area contributed by atoms with E-state index in [4.69, 9.17) is 0 Å². The summed E-state index contributed by atoms with van der Waals surface area (Å²) in [6, 6.07) is 0. The predicted octanol–water partition coefficient (Wildman–Crippen LogP) is 1.84. The van der Waals surface area contributed by atoms with Gasteiger partial charge in [0.25, 0.3) is 0 Å². The van der Waals surface area contributed by atoms with Crippen LogP contribution in [-0.2, 0) is 9.84 Å². The molecule has 0 fully saturated rings. The van der Waals surface area contributed by atoms with Crippen LogP contribution in [-0.4, -0.2) is 33.5 Å². The monoisotopic (exact) mass is 235 g/mol. The summed E-state index contributed by atoms with van der Waals surface area (Å²) in [5.41, 5.74) is 0. The van der Waals surface area contributed by atoms with Crippen molar-refractivity contribution in [1.29, 1.82) is 0 Å². The van der Waals surface area contributed by atoms with Gasteiger partial charge in [0.2, 0.25) is 0 Å². The van der Waals surface area contributed by atoms with Crippen molar-refractivity contribution in [3.8, 4) is 0 Å². The van der Waals surface area contributed by atoms with Crippen molar-refractivity contribution in [3.63, 3.8) is 0 Å². The third-order valence-electron chi connectivity index (χ3n) is 2.51. The number of rotatable bonds is 9. The molecule has 0 heterocycles. The van der Waals surface area contributed by atoms with E-state index in [9.17, 15) is 8.42 Å². The first-order valence-electron chi connectivity index (χ1n) is 5.88. The highest BCUT2D eigenvalue weighted by molar-refractivity contribution is 7.90. The molecule has 3 nitrogen and oxygen atoms in total. The zero-order chi connectivity index (χ0) is 11.7. The van der Waals surface area contributed by atoms with Gasteiger partial charge in [0.05, 0.1) is 0 Å². The van der Waals surface area contributed by atoms with Gasteiger partial charge in [-0.25, -0.2) is 8.42 Å². The minimum absolute atomic E-state index is 0.333. The Morgan fingerprint density at radius 2 is 1.87 bits per heavy atom. The zero-order valence-electron chi connectivity index (χ0n) is 10.3. The SMILES string of the molecule is CCCC(CCCS(C)(=O)=O)CNCC. The first kappa shape index (κ1) is 14.9. The van der Waals surface area contributed by atoms with Crippen LogP contribution in [0.25, 0.3) is 0 Å². The number of hydrogen-bond donors (Lipinski definition) is 1. The molecule has 0 amide bonds. The summed E-state index contributed by atoms with van der Waals surface area (Å²) in [6.45, 7) is 6.29. The average molecular weight is 235 g/mol. The lowest BCUT2D eigenvalue weighted by Crippen LogP contribution is -2.23. The van der Waals surface area contributed by atoms with Crippen molar-refractivity contribution in [3.05, 3.63) is 0 Å². The van der Waals surface area contributed by atoms with Crippen LogP contribution in [0.4, 0.5) is 0 Å². The number of nitrogens with one attached hydrogen (secondary N) is 1. The van der Waals surface area contributed by atoms with Crippen molar-refractivity contribution < 1.29 is 8.42 Å². The lowest BCUT2D eigenvalue weighted by molar-refractivity contribution is 0.415. The molecule has 0 aromatic rings. The molecule has 0 aromatic heterocycles. The summed E-state index contributed by atoms with van der Waals surface area (Å²) in [6.07, 6.45) is 5.50. The average Bonchev–Trinajstić information content (AvgIpc) is 2.12. The van der Waals surface area contributed by atoms with Gasteiger partial charge in [-0.05, 0) is 38.3 Å². The molecule has 0 rings (SSSR count). The maximum absolute atomic E-state index is 11.0. The van der Waals surface area contributed by atoms with Gasteiger partial charge in [-0.3, -0.25) is 0 Å². The fourth-order valence-electron chi connectivity index (χ4n) is 1.74. The van der Waals surface area contributed by atoms with Crippen molar-refractivity contribution in [2.45, 2.75) is 39.5 Å².